The number of aryl methyl sites for hydroxylation is 1. The number of anilines is 3. The molecule has 0 bridgehead atoms. The molecule has 0 aliphatic carbocycles. The van der Waals surface area contributed by atoms with E-state index in [2.05, 4.69) is 27.1 Å². The van der Waals surface area contributed by atoms with Gasteiger partial charge in [-0.2, -0.15) is 4.31 Å². The van der Waals surface area contributed by atoms with E-state index in [9.17, 15) is 8.42 Å². The molecule has 1 aliphatic heterocycles. The zero-order chi connectivity index (χ0) is 29.0. The van der Waals surface area contributed by atoms with Gasteiger partial charge < -0.3 is 19.7 Å². The van der Waals surface area contributed by atoms with E-state index in [4.69, 9.17) is 19.4 Å². The third-order valence-corrected chi connectivity index (χ3v) is 9.12. The van der Waals surface area contributed by atoms with E-state index >= 15 is 0 Å². The third kappa shape index (κ3) is 6.75. The summed E-state index contributed by atoms with van der Waals surface area (Å²) < 4.78 is 36.1. The van der Waals surface area contributed by atoms with Crippen molar-refractivity contribution in [3.05, 3.63) is 53.8 Å². The fourth-order valence-electron chi connectivity index (χ4n) is 4.57. The molecule has 4 aromatic rings. The van der Waals surface area contributed by atoms with Crippen molar-refractivity contribution in [3.63, 3.8) is 0 Å². The SMILES string of the molecule is CCCc1nc(-c2cc(OC)cc(OC)c2)c(-c2ccnc(Nc3ccc(N4CCN(S(C)(=O)=O)CC4)nc3)n2)s1. The van der Waals surface area contributed by atoms with Gasteiger partial charge in [0.15, 0.2) is 0 Å². The number of ether oxygens (including phenoxy) is 2. The molecule has 1 fully saturated rings. The van der Waals surface area contributed by atoms with E-state index in [0.29, 0.717) is 43.6 Å². The molecule has 1 aliphatic rings. The summed E-state index contributed by atoms with van der Waals surface area (Å²) in [6.45, 7) is 4.21. The first-order valence-corrected chi connectivity index (χ1v) is 15.9. The van der Waals surface area contributed by atoms with E-state index in [1.165, 1.54) is 10.6 Å². The molecule has 11 nitrogen and oxygen atoms in total. The number of methoxy groups -OCH3 is 2. The largest absolute Gasteiger partial charge is 0.497 e. The molecule has 0 atom stereocenters. The second-order valence-corrected chi connectivity index (χ2v) is 12.6. The Hall–Kier alpha value is -3.81. The first kappa shape index (κ1) is 28.7. The minimum atomic E-state index is -3.18. The molecule has 5 rings (SSSR count). The number of benzene rings is 1. The fraction of sp³-hybridized carbons (Fsp3) is 0.357. The second kappa shape index (κ2) is 12.4. The number of nitrogens with zero attached hydrogens (tertiary/aromatic N) is 6. The highest BCUT2D eigenvalue weighted by molar-refractivity contribution is 7.88. The number of thiazole rings is 1. The van der Waals surface area contributed by atoms with E-state index in [1.54, 1.807) is 38.0 Å². The van der Waals surface area contributed by atoms with Crippen LogP contribution in [0.1, 0.15) is 18.4 Å². The van der Waals surface area contributed by atoms with Crippen LogP contribution in [0.5, 0.6) is 11.5 Å². The van der Waals surface area contributed by atoms with Crippen molar-refractivity contribution in [1.82, 2.24) is 24.2 Å². The summed E-state index contributed by atoms with van der Waals surface area (Å²) in [5, 5.41) is 4.28. The van der Waals surface area contributed by atoms with Crippen molar-refractivity contribution in [1.29, 1.82) is 0 Å². The maximum absolute atomic E-state index is 11.8. The second-order valence-electron chi connectivity index (χ2n) is 9.58. The van der Waals surface area contributed by atoms with Crippen LogP contribution in [-0.4, -0.2) is 79.3 Å². The summed E-state index contributed by atoms with van der Waals surface area (Å²) in [4.78, 5) is 21.8. The standard InChI is InChI=1S/C28H33N7O4S2/c1-5-6-25-33-26(19-15-21(38-2)17-22(16-19)39-3)27(40-25)23-9-10-29-28(32-23)31-20-7-8-24(30-18-20)34-11-13-35(14-12-34)41(4,36)37/h7-10,15-18H,5-6,11-14H2,1-4H3,(H,29,31,32). The van der Waals surface area contributed by atoms with Crippen LogP contribution in [0.3, 0.4) is 0 Å². The molecular formula is C28H33N7O4S2. The van der Waals surface area contributed by atoms with Gasteiger partial charge in [0.1, 0.15) is 17.3 Å². The highest BCUT2D eigenvalue weighted by Gasteiger charge is 2.24. The van der Waals surface area contributed by atoms with Crippen LogP contribution >= 0.6 is 11.3 Å². The average Bonchev–Trinajstić information content (AvgIpc) is 3.41. The van der Waals surface area contributed by atoms with Crippen molar-refractivity contribution in [2.75, 3.05) is 56.9 Å². The summed E-state index contributed by atoms with van der Waals surface area (Å²) in [7, 11) is 0.0861. The molecule has 216 valence electrons. The number of nitrogens with one attached hydrogen (secondary N) is 1. The Morgan fingerprint density at radius 3 is 2.32 bits per heavy atom. The number of pyridine rings is 1. The summed E-state index contributed by atoms with van der Waals surface area (Å²) in [5.41, 5.74) is 3.21. The molecule has 1 saturated heterocycles. The van der Waals surface area contributed by atoms with Crippen molar-refractivity contribution in [2.24, 2.45) is 0 Å². The van der Waals surface area contributed by atoms with Crippen LogP contribution in [0.2, 0.25) is 0 Å². The lowest BCUT2D eigenvalue weighted by molar-refractivity contribution is 0.387. The lowest BCUT2D eigenvalue weighted by Crippen LogP contribution is -2.48. The van der Waals surface area contributed by atoms with Crippen molar-refractivity contribution >= 4 is 38.8 Å². The molecule has 41 heavy (non-hydrogen) atoms. The van der Waals surface area contributed by atoms with Gasteiger partial charge in [0, 0.05) is 44.0 Å². The first-order valence-electron chi connectivity index (χ1n) is 13.3. The monoisotopic (exact) mass is 595 g/mol. The van der Waals surface area contributed by atoms with Crippen LogP contribution in [0.25, 0.3) is 21.8 Å². The number of hydrogen-bond donors (Lipinski definition) is 1. The van der Waals surface area contributed by atoms with Crippen LogP contribution in [-0.2, 0) is 16.4 Å². The van der Waals surface area contributed by atoms with E-state index < -0.39 is 10.0 Å². The fourth-order valence-corrected chi connectivity index (χ4v) is 6.55. The molecular weight excluding hydrogens is 562 g/mol. The quantitative estimate of drug-likeness (QED) is 0.281. The third-order valence-electron chi connectivity index (χ3n) is 6.68. The Labute approximate surface area is 244 Å². The molecule has 13 heteroatoms. The number of aromatic nitrogens is 4. The lowest BCUT2D eigenvalue weighted by atomic mass is 10.1. The number of hydrogen-bond acceptors (Lipinski definition) is 11. The molecule has 1 N–H and O–H groups in total. The zero-order valence-corrected chi connectivity index (χ0v) is 25.1. The van der Waals surface area contributed by atoms with Crippen LogP contribution in [0.4, 0.5) is 17.5 Å². The Balaban J connectivity index is 1.37. The van der Waals surface area contributed by atoms with E-state index in [1.807, 2.05) is 36.4 Å². The average molecular weight is 596 g/mol. The van der Waals surface area contributed by atoms with Crippen molar-refractivity contribution in [3.8, 4) is 33.3 Å². The topological polar surface area (TPSA) is 123 Å². The summed E-state index contributed by atoms with van der Waals surface area (Å²) in [6, 6.07) is 11.5. The smallest absolute Gasteiger partial charge is 0.227 e. The van der Waals surface area contributed by atoms with Gasteiger partial charge in [-0.15, -0.1) is 11.3 Å². The molecule has 4 heterocycles. The zero-order valence-electron chi connectivity index (χ0n) is 23.5. The Bertz CT molecular complexity index is 1580. The lowest BCUT2D eigenvalue weighted by Gasteiger charge is -2.33. The number of rotatable bonds is 10. The van der Waals surface area contributed by atoms with Crippen LogP contribution < -0.4 is 19.7 Å². The van der Waals surface area contributed by atoms with Gasteiger partial charge in [-0.1, -0.05) is 6.92 Å². The van der Waals surface area contributed by atoms with Crippen molar-refractivity contribution in [2.45, 2.75) is 19.8 Å². The maximum Gasteiger partial charge on any atom is 0.227 e. The summed E-state index contributed by atoms with van der Waals surface area (Å²) in [6.07, 6.45) is 6.56. The van der Waals surface area contributed by atoms with Gasteiger partial charge in [-0.05, 0) is 43.2 Å². The van der Waals surface area contributed by atoms with Gasteiger partial charge >= 0.3 is 0 Å². The minimum Gasteiger partial charge on any atom is -0.497 e. The molecule has 1 aromatic carbocycles. The molecule has 0 unspecified atom stereocenters. The van der Waals surface area contributed by atoms with Gasteiger partial charge in [-0.3, -0.25) is 0 Å². The molecule has 0 radical (unpaired) electrons. The molecule has 0 amide bonds. The van der Waals surface area contributed by atoms with Gasteiger partial charge in [0.2, 0.25) is 16.0 Å². The Kier molecular flexibility index (Phi) is 8.66. The predicted molar refractivity (Wildman–Crippen MR) is 162 cm³/mol. The molecule has 0 spiro atoms. The summed E-state index contributed by atoms with van der Waals surface area (Å²) >= 11 is 1.62. The predicted octanol–water partition coefficient (Wildman–Crippen LogP) is 4.46. The summed E-state index contributed by atoms with van der Waals surface area (Å²) in [5.74, 6) is 2.62. The Morgan fingerprint density at radius 2 is 1.71 bits per heavy atom. The van der Waals surface area contributed by atoms with Gasteiger partial charge in [-0.25, -0.2) is 28.4 Å². The van der Waals surface area contributed by atoms with Crippen LogP contribution in [0.15, 0.2) is 48.8 Å². The van der Waals surface area contributed by atoms with Crippen molar-refractivity contribution < 1.29 is 17.9 Å². The van der Waals surface area contributed by atoms with E-state index in [-0.39, 0.29) is 0 Å². The first-order chi connectivity index (χ1) is 19.8. The highest BCUT2D eigenvalue weighted by Crippen LogP contribution is 2.39. The number of piperazine rings is 1. The van der Waals surface area contributed by atoms with E-state index in [0.717, 1.165) is 51.2 Å². The maximum atomic E-state index is 11.8. The normalized spacial score (nSPS) is 14.2. The molecule has 0 saturated carbocycles. The molecule has 3 aromatic heterocycles. The van der Waals surface area contributed by atoms with Gasteiger partial charge in [0.25, 0.3) is 0 Å². The van der Waals surface area contributed by atoms with Crippen LogP contribution in [0, 0.1) is 0 Å². The Morgan fingerprint density at radius 1 is 0.976 bits per heavy atom. The van der Waals surface area contributed by atoms with Gasteiger partial charge in [0.05, 0.1) is 53.6 Å². The minimum absolute atomic E-state index is 0.443. The number of sulfonamides is 1. The highest BCUT2D eigenvalue weighted by atomic mass is 32.2.